The van der Waals surface area contributed by atoms with Crippen LogP contribution in [-0.4, -0.2) is 66.9 Å². The highest BCUT2D eigenvalue weighted by molar-refractivity contribution is 7.91. The number of sulfone groups is 1. The molecule has 0 amide bonds. The molecule has 22 heavy (non-hydrogen) atoms. The fourth-order valence-electron chi connectivity index (χ4n) is 3.24. The zero-order chi connectivity index (χ0) is 15.6. The normalized spacial score (nSPS) is 26.2. The molecule has 2 aliphatic rings. The topological polar surface area (TPSA) is 66.4 Å². The molecule has 1 atom stereocenters. The molecule has 8 heteroatoms. The van der Waals surface area contributed by atoms with Gasteiger partial charge in [0.1, 0.15) is 5.82 Å². The number of aromatic nitrogens is 2. The first-order chi connectivity index (χ1) is 10.6. The molecule has 0 saturated carbocycles. The Kier molecular flexibility index (Phi) is 4.99. The molecule has 2 aliphatic heterocycles. The lowest BCUT2D eigenvalue weighted by atomic mass is 10.1. The second-order valence-corrected chi connectivity index (χ2v) is 9.22. The van der Waals surface area contributed by atoms with Gasteiger partial charge < -0.3 is 9.80 Å². The van der Waals surface area contributed by atoms with Gasteiger partial charge in [0, 0.05) is 44.1 Å². The zero-order valence-electron chi connectivity index (χ0n) is 13.1. The molecule has 2 fully saturated rings. The molecule has 1 aromatic heterocycles. The molecule has 0 bridgehead atoms. The van der Waals surface area contributed by atoms with Crippen molar-refractivity contribution in [3.8, 4) is 0 Å². The second kappa shape index (κ2) is 6.80. The fourth-order valence-corrected chi connectivity index (χ4v) is 5.89. The van der Waals surface area contributed by atoms with Gasteiger partial charge in [0.15, 0.2) is 9.84 Å². The minimum Gasteiger partial charge on any atom is -0.346 e. The summed E-state index contributed by atoms with van der Waals surface area (Å²) in [7, 11) is -2.76. The van der Waals surface area contributed by atoms with Crippen molar-refractivity contribution in [2.45, 2.75) is 26.2 Å². The zero-order valence-corrected chi connectivity index (χ0v) is 14.7. The van der Waals surface area contributed by atoms with Crippen LogP contribution in [0.4, 0.5) is 5.13 Å². The Balaban J connectivity index is 1.53. The van der Waals surface area contributed by atoms with Crippen molar-refractivity contribution in [2.75, 3.05) is 49.1 Å². The van der Waals surface area contributed by atoms with Crippen molar-refractivity contribution in [1.82, 2.24) is 14.3 Å². The molecule has 6 nitrogen and oxygen atoms in total. The van der Waals surface area contributed by atoms with Crippen LogP contribution in [0, 0.1) is 5.92 Å². The van der Waals surface area contributed by atoms with E-state index in [1.54, 1.807) is 0 Å². The molecule has 124 valence electrons. The van der Waals surface area contributed by atoms with Gasteiger partial charge in [-0.3, -0.25) is 0 Å². The van der Waals surface area contributed by atoms with Crippen molar-refractivity contribution in [3.05, 3.63) is 5.82 Å². The van der Waals surface area contributed by atoms with E-state index in [2.05, 4.69) is 26.1 Å². The van der Waals surface area contributed by atoms with Gasteiger partial charge >= 0.3 is 0 Å². The first-order valence-corrected chi connectivity index (χ1v) is 10.7. The fraction of sp³-hybridized carbons (Fsp3) is 0.857. The summed E-state index contributed by atoms with van der Waals surface area (Å²) in [5, 5.41) is 1.03. The Labute approximate surface area is 136 Å². The maximum absolute atomic E-state index is 11.6. The van der Waals surface area contributed by atoms with Crippen molar-refractivity contribution in [3.63, 3.8) is 0 Å². The van der Waals surface area contributed by atoms with Crippen LogP contribution >= 0.6 is 11.5 Å². The van der Waals surface area contributed by atoms with Crippen LogP contribution in [-0.2, 0) is 16.3 Å². The monoisotopic (exact) mass is 344 g/mol. The summed E-state index contributed by atoms with van der Waals surface area (Å²) in [5.74, 6) is 2.01. The quantitative estimate of drug-likeness (QED) is 0.813. The van der Waals surface area contributed by atoms with Gasteiger partial charge in [0.05, 0.1) is 11.5 Å². The number of anilines is 1. The first-order valence-electron chi connectivity index (χ1n) is 8.06. The van der Waals surface area contributed by atoms with E-state index >= 15 is 0 Å². The maximum atomic E-state index is 11.6. The van der Waals surface area contributed by atoms with Gasteiger partial charge in [-0.1, -0.05) is 6.92 Å². The molecule has 0 aliphatic carbocycles. The van der Waals surface area contributed by atoms with Gasteiger partial charge in [-0.15, -0.1) is 0 Å². The molecule has 0 N–H and O–H groups in total. The maximum Gasteiger partial charge on any atom is 0.205 e. The van der Waals surface area contributed by atoms with Crippen LogP contribution in [0.1, 0.15) is 25.6 Å². The molecular weight excluding hydrogens is 320 g/mol. The van der Waals surface area contributed by atoms with Crippen LogP contribution < -0.4 is 4.90 Å². The largest absolute Gasteiger partial charge is 0.346 e. The standard InChI is InChI=1S/C14H24N4O2S2/c1-2-13-15-14(21-16-13)18-6-3-5-17(7-8-18)10-12-4-9-22(19,20)11-12/h12H,2-11H2,1H3. The highest BCUT2D eigenvalue weighted by Gasteiger charge is 2.29. The summed E-state index contributed by atoms with van der Waals surface area (Å²) >= 11 is 1.49. The Morgan fingerprint density at radius 1 is 1.27 bits per heavy atom. The van der Waals surface area contributed by atoms with E-state index in [1.807, 2.05) is 0 Å². The smallest absolute Gasteiger partial charge is 0.205 e. The van der Waals surface area contributed by atoms with Crippen LogP contribution in [0.3, 0.4) is 0 Å². The average Bonchev–Trinajstić information content (AvgIpc) is 3.01. The summed E-state index contributed by atoms with van der Waals surface area (Å²) in [6.45, 7) is 6.99. The van der Waals surface area contributed by atoms with Gasteiger partial charge in [0.2, 0.25) is 5.13 Å². The molecular formula is C14H24N4O2S2. The van der Waals surface area contributed by atoms with Crippen molar-refractivity contribution >= 4 is 26.5 Å². The molecule has 0 aromatic carbocycles. The number of hydrogen-bond acceptors (Lipinski definition) is 7. The highest BCUT2D eigenvalue weighted by Crippen LogP contribution is 2.22. The third kappa shape index (κ3) is 3.97. The van der Waals surface area contributed by atoms with Crippen molar-refractivity contribution in [1.29, 1.82) is 0 Å². The lowest BCUT2D eigenvalue weighted by Gasteiger charge is -2.23. The predicted molar refractivity (Wildman–Crippen MR) is 89.3 cm³/mol. The number of hydrogen-bond donors (Lipinski definition) is 0. The minimum atomic E-state index is -2.76. The molecule has 0 spiro atoms. The van der Waals surface area contributed by atoms with Crippen LogP contribution in [0.2, 0.25) is 0 Å². The lowest BCUT2D eigenvalue weighted by Crippen LogP contribution is -2.34. The summed E-state index contributed by atoms with van der Waals surface area (Å²) in [4.78, 5) is 9.32. The van der Waals surface area contributed by atoms with Gasteiger partial charge in [-0.2, -0.15) is 4.37 Å². The van der Waals surface area contributed by atoms with Crippen molar-refractivity contribution < 1.29 is 8.42 Å². The van der Waals surface area contributed by atoms with Crippen LogP contribution in [0.5, 0.6) is 0 Å². The minimum absolute atomic E-state index is 0.324. The van der Waals surface area contributed by atoms with Crippen LogP contribution in [0.15, 0.2) is 0 Å². The highest BCUT2D eigenvalue weighted by atomic mass is 32.2. The molecule has 1 aromatic rings. The Hall–Kier alpha value is -0.730. The Morgan fingerprint density at radius 3 is 2.82 bits per heavy atom. The SMILES string of the molecule is CCc1nsc(N2CCCN(CC3CCS(=O)(=O)C3)CC2)n1. The Morgan fingerprint density at radius 2 is 2.14 bits per heavy atom. The van der Waals surface area contributed by atoms with E-state index in [9.17, 15) is 8.42 Å². The summed E-state index contributed by atoms with van der Waals surface area (Å²) in [5.41, 5.74) is 0. The van der Waals surface area contributed by atoms with Crippen LogP contribution in [0.25, 0.3) is 0 Å². The third-order valence-corrected chi connectivity index (χ3v) is 7.13. The third-order valence-electron chi connectivity index (χ3n) is 4.48. The van der Waals surface area contributed by atoms with E-state index in [0.717, 1.165) is 62.9 Å². The van der Waals surface area contributed by atoms with E-state index in [1.165, 1.54) is 11.5 Å². The van der Waals surface area contributed by atoms with Gasteiger partial charge in [0.25, 0.3) is 0 Å². The molecule has 3 rings (SSSR count). The second-order valence-electron chi connectivity index (χ2n) is 6.26. The predicted octanol–water partition coefficient (Wildman–Crippen LogP) is 1.05. The number of rotatable bonds is 4. The summed E-state index contributed by atoms with van der Waals surface area (Å²) < 4.78 is 27.5. The number of nitrogens with zero attached hydrogens (tertiary/aromatic N) is 4. The van der Waals surface area contributed by atoms with E-state index in [-0.39, 0.29) is 0 Å². The van der Waals surface area contributed by atoms with E-state index in [0.29, 0.717) is 17.4 Å². The van der Waals surface area contributed by atoms with Gasteiger partial charge in [-0.05, 0) is 25.3 Å². The Bertz CT molecular complexity index is 602. The first kappa shape index (κ1) is 16.1. The molecule has 3 heterocycles. The number of aryl methyl sites for hydroxylation is 1. The summed E-state index contributed by atoms with van der Waals surface area (Å²) in [6.07, 6.45) is 2.81. The summed E-state index contributed by atoms with van der Waals surface area (Å²) in [6, 6.07) is 0. The molecule has 1 unspecified atom stereocenters. The van der Waals surface area contributed by atoms with E-state index < -0.39 is 9.84 Å². The van der Waals surface area contributed by atoms with Gasteiger partial charge in [-0.25, -0.2) is 13.4 Å². The van der Waals surface area contributed by atoms with Crippen molar-refractivity contribution in [2.24, 2.45) is 5.92 Å². The average molecular weight is 345 g/mol. The lowest BCUT2D eigenvalue weighted by molar-refractivity contribution is 0.255. The molecule has 2 saturated heterocycles. The molecule has 0 radical (unpaired) electrons. The van der Waals surface area contributed by atoms with E-state index in [4.69, 9.17) is 0 Å².